The van der Waals surface area contributed by atoms with Gasteiger partial charge in [0.25, 0.3) is 0 Å². The highest BCUT2D eigenvalue weighted by atomic mass is 35.5. The van der Waals surface area contributed by atoms with Crippen LogP contribution in [-0.2, 0) is 11.2 Å². The average Bonchev–Trinajstić information content (AvgIpc) is 2.36. The van der Waals surface area contributed by atoms with Gasteiger partial charge in [-0.3, -0.25) is 4.79 Å². The maximum Gasteiger partial charge on any atom is 0.239 e. The minimum Gasteiger partial charge on any atom is -0.342 e. The van der Waals surface area contributed by atoms with E-state index in [0.717, 1.165) is 25.1 Å². The summed E-state index contributed by atoms with van der Waals surface area (Å²) < 4.78 is 0. The Kier molecular flexibility index (Phi) is 8.42. The zero-order valence-electron chi connectivity index (χ0n) is 11.1. The molecule has 1 amide bonds. The van der Waals surface area contributed by atoms with Gasteiger partial charge in [-0.15, -0.1) is 12.4 Å². The fourth-order valence-corrected chi connectivity index (χ4v) is 1.88. The Bertz CT molecular complexity index is 343. The molecule has 0 aromatic heterocycles. The molecule has 0 heterocycles. The van der Waals surface area contributed by atoms with E-state index in [1.807, 2.05) is 42.2 Å². The van der Waals surface area contributed by atoms with E-state index < -0.39 is 6.04 Å². The summed E-state index contributed by atoms with van der Waals surface area (Å²) in [6.45, 7) is 5.58. The highest BCUT2D eigenvalue weighted by Crippen LogP contribution is 2.04. The topological polar surface area (TPSA) is 46.3 Å². The molecular weight excluding hydrogens is 248 g/mol. The third kappa shape index (κ3) is 5.07. The van der Waals surface area contributed by atoms with Crippen molar-refractivity contribution in [3.8, 4) is 0 Å². The van der Waals surface area contributed by atoms with Crippen LogP contribution in [0.5, 0.6) is 0 Å². The van der Waals surface area contributed by atoms with Crippen molar-refractivity contribution >= 4 is 18.3 Å². The summed E-state index contributed by atoms with van der Waals surface area (Å²) in [6.07, 6.45) is 1.58. The quantitative estimate of drug-likeness (QED) is 0.862. The van der Waals surface area contributed by atoms with Crippen molar-refractivity contribution in [2.75, 3.05) is 13.1 Å². The molecule has 0 saturated carbocycles. The zero-order chi connectivity index (χ0) is 12.7. The number of carbonyl (C=O) groups excluding carboxylic acids is 1. The fourth-order valence-electron chi connectivity index (χ4n) is 1.88. The molecule has 0 aliphatic heterocycles. The van der Waals surface area contributed by atoms with Gasteiger partial charge in [0.05, 0.1) is 6.04 Å². The van der Waals surface area contributed by atoms with E-state index in [4.69, 9.17) is 5.73 Å². The molecule has 1 rings (SSSR count). The molecule has 3 nitrogen and oxygen atoms in total. The molecule has 1 aromatic rings. The molecule has 0 radical (unpaired) electrons. The Labute approximate surface area is 116 Å². The Morgan fingerprint density at radius 1 is 1.28 bits per heavy atom. The van der Waals surface area contributed by atoms with Crippen LogP contribution in [0, 0.1) is 0 Å². The number of amides is 1. The second kappa shape index (κ2) is 8.95. The van der Waals surface area contributed by atoms with Crippen molar-refractivity contribution in [2.45, 2.75) is 32.7 Å². The van der Waals surface area contributed by atoms with Crippen LogP contribution < -0.4 is 5.73 Å². The van der Waals surface area contributed by atoms with Crippen LogP contribution >= 0.6 is 12.4 Å². The number of hydrogen-bond donors (Lipinski definition) is 1. The van der Waals surface area contributed by atoms with Gasteiger partial charge in [0.2, 0.25) is 5.91 Å². The van der Waals surface area contributed by atoms with Gasteiger partial charge in [0.15, 0.2) is 0 Å². The summed E-state index contributed by atoms with van der Waals surface area (Å²) >= 11 is 0. The third-order valence-electron chi connectivity index (χ3n) is 2.80. The van der Waals surface area contributed by atoms with Crippen molar-refractivity contribution < 1.29 is 4.79 Å². The summed E-state index contributed by atoms with van der Waals surface area (Å²) in [5.41, 5.74) is 7.08. The van der Waals surface area contributed by atoms with Gasteiger partial charge in [-0.25, -0.2) is 0 Å². The molecule has 18 heavy (non-hydrogen) atoms. The van der Waals surface area contributed by atoms with Crippen molar-refractivity contribution in [1.29, 1.82) is 0 Å². The first kappa shape index (κ1) is 16.9. The summed E-state index contributed by atoms with van der Waals surface area (Å²) in [5.74, 6) is 0.0539. The second-order valence-corrected chi connectivity index (χ2v) is 4.21. The molecule has 0 aliphatic rings. The highest BCUT2D eigenvalue weighted by molar-refractivity contribution is 5.85. The van der Waals surface area contributed by atoms with E-state index in [0.29, 0.717) is 6.42 Å². The predicted octanol–water partition coefficient (Wildman–Crippen LogP) is 2.24. The summed E-state index contributed by atoms with van der Waals surface area (Å²) in [5, 5.41) is 0. The van der Waals surface area contributed by atoms with Crippen LogP contribution in [0.1, 0.15) is 25.8 Å². The summed E-state index contributed by atoms with van der Waals surface area (Å²) in [4.78, 5) is 13.9. The van der Waals surface area contributed by atoms with E-state index in [-0.39, 0.29) is 18.3 Å². The van der Waals surface area contributed by atoms with Crippen LogP contribution in [0.25, 0.3) is 0 Å². The van der Waals surface area contributed by atoms with E-state index in [1.54, 1.807) is 0 Å². The maximum absolute atomic E-state index is 12.1. The van der Waals surface area contributed by atoms with Crippen molar-refractivity contribution in [1.82, 2.24) is 4.90 Å². The number of nitrogens with zero attached hydrogens (tertiary/aromatic N) is 1. The Balaban J connectivity index is 0.00000289. The Morgan fingerprint density at radius 3 is 2.39 bits per heavy atom. The molecule has 1 unspecified atom stereocenters. The molecular formula is C14H23ClN2O. The van der Waals surface area contributed by atoms with Crippen LogP contribution in [0.3, 0.4) is 0 Å². The van der Waals surface area contributed by atoms with Gasteiger partial charge in [-0.1, -0.05) is 37.3 Å². The summed E-state index contributed by atoms with van der Waals surface area (Å²) in [6, 6.07) is 9.48. The average molecular weight is 271 g/mol. The van der Waals surface area contributed by atoms with Gasteiger partial charge < -0.3 is 10.6 Å². The van der Waals surface area contributed by atoms with E-state index in [9.17, 15) is 4.79 Å². The van der Waals surface area contributed by atoms with Gasteiger partial charge >= 0.3 is 0 Å². The minimum absolute atomic E-state index is 0. The normalized spacial score (nSPS) is 11.5. The maximum atomic E-state index is 12.1. The van der Waals surface area contributed by atoms with Gasteiger partial charge in [0, 0.05) is 13.1 Å². The molecule has 4 heteroatoms. The van der Waals surface area contributed by atoms with Gasteiger partial charge in [-0.05, 0) is 25.3 Å². The third-order valence-corrected chi connectivity index (χ3v) is 2.80. The van der Waals surface area contributed by atoms with Gasteiger partial charge in [0.1, 0.15) is 0 Å². The smallest absolute Gasteiger partial charge is 0.239 e. The van der Waals surface area contributed by atoms with E-state index in [2.05, 4.69) is 6.92 Å². The first-order valence-corrected chi connectivity index (χ1v) is 6.27. The van der Waals surface area contributed by atoms with Crippen LogP contribution in [0.15, 0.2) is 30.3 Å². The number of carbonyl (C=O) groups is 1. The largest absolute Gasteiger partial charge is 0.342 e. The molecule has 0 bridgehead atoms. The molecule has 2 N–H and O–H groups in total. The van der Waals surface area contributed by atoms with Gasteiger partial charge in [-0.2, -0.15) is 0 Å². The lowest BCUT2D eigenvalue weighted by molar-refractivity contribution is -0.132. The molecule has 102 valence electrons. The molecule has 0 spiro atoms. The molecule has 0 saturated heterocycles. The first-order chi connectivity index (χ1) is 8.19. The molecule has 0 fully saturated rings. The second-order valence-electron chi connectivity index (χ2n) is 4.21. The number of halogens is 1. The standard InChI is InChI=1S/C14H22N2O.ClH/c1-3-10-16(4-2)14(17)13(15)11-12-8-6-5-7-9-12;/h5-9,13H,3-4,10-11,15H2,1-2H3;1H. The SMILES string of the molecule is CCCN(CC)C(=O)C(N)Cc1ccccc1.Cl. The van der Waals surface area contributed by atoms with Crippen molar-refractivity contribution in [2.24, 2.45) is 5.73 Å². The van der Waals surface area contributed by atoms with Crippen LogP contribution in [0.4, 0.5) is 0 Å². The Hall–Kier alpha value is -1.06. The molecule has 1 aromatic carbocycles. The number of hydrogen-bond acceptors (Lipinski definition) is 2. The molecule has 1 atom stereocenters. The van der Waals surface area contributed by atoms with Crippen LogP contribution in [0.2, 0.25) is 0 Å². The number of benzene rings is 1. The Morgan fingerprint density at radius 2 is 1.89 bits per heavy atom. The van der Waals surface area contributed by atoms with Crippen molar-refractivity contribution in [3.63, 3.8) is 0 Å². The number of likely N-dealkylation sites (N-methyl/N-ethyl adjacent to an activating group) is 1. The van der Waals surface area contributed by atoms with Crippen LogP contribution in [-0.4, -0.2) is 29.9 Å². The number of rotatable bonds is 6. The first-order valence-electron chi connectivity index (χ1n) is 6.27. The lowest BCUT2D eigenvalue weighted by atomic mass is 10.1. The lowest BCUT2D eigenvalue weighted by Gasteiger charge is -2.23. The molecule has 0 aliphatic carbocycles. The summed E-state index contributed by atoms with van der Waals surface area (Å²) in [7, 11) is 0. The van der Waals surface area contributed by atoms with E-state index in [1.165, 1.54) is 0 Å². The lowest BCUT2D eigenvalue weighted by Crippen LogP contribution is -2.45. The number of nitrogens with two attached hydrogens (primary N) is 1. The van der Waals surface area contributed by atoms with Crippen molar-refractivity contribution in [3.05, 3.63) is 35.9 Å². The minimum atomic E-state index is -0.427. The van der Waals surface area contributed by atoms with E-state index >= 15 is 0 Å². The monoisotopic (exact) mass is 270 g/mol. The fraction of sp³-hybridized carbons (Fsp3) is 0.500. The predicted molar refractivity (Wildman–Crippen MR) is 77.9 cm³/mol. The highest BCUT2D eigenvalue weighted by Gasteiger charge is 2.19. The zero-order valence-corrected chi connectivity index (χ0v) is 12.0.